The van der Waals surface area contributed by atoms with Gasteiger partial charge in [0, 0.05) is 18.1 Å². The highest BCUT2D eigenvalue weighted by Crippen LogP contribution is 2.28. The summed E-state index contributed by atoms with van der Waals surface area (Å²) < 4.78 is 10.9. The molecule has 26 heavy (non-hydrogen) atoms. The van der Waals surface area contributed by atoms with Crippen LogP contribution in [0.1, 0.15) is 18.1 Å². The Bertz CT molecular complexity index is 719. The standard InChI is InChI=1S/C20H25ClN2O3/c1-4-26-18-10-7-16(11-19(18)25-3)13-23(2)14-20(24)22-12-15-5-8-17(21)9-6-15/h5-11H,4,12-14H2,1-3H3,(H,22,24). The average molecular weight is 377 g/mol. The number of rotatable bonds is 9. The van der Waals surface area contributed by atoms with E-state index in [4.69, 9.17) is 21.1 Å². The Labute approximate surface area is 159 Å². The van der Waals surface area contributed by atoms with E-state index in [9.17, 15) is 4.79 Å². The molecule has 0 aliphatic heterocycles. The number of hydrogen-bond donors (Lipinski definition) is 1. The molecule has 5 nitrogen and oxygen atoms in total. The highest BCUT2D eigenvalue weighted by Gasteiger charge is 2.10. The van der Waals surface area contributed by atoms with Crippen molar-refractivity contribution >= 4 is 17.5 Å². The van der Waals surface area contributed by atoms with E-state index in [0.29, 0.717) is 37.0 Å². The molecule has 0 unspecified atom stereocenters. The van der Waals surface area contributed by atoms with Gasteiger partial charge in [0.1, 0.15) is 0 Å². The van der Waals surface area contributed by atoms with Crippen molar-refractivity contribution in [3.63, 3.8) is 0 Å². The van der Waals surface area contributed by atoms with Crippen LogP contribution < -0.4 is 14.8 Å². The van der Waals surface area contributed by atoms with Crippen molar-refractivity contribution in [3.8, 4) is 11.5 Å². The van der Waals surface area contributed by atoms with E-state index in [2.05, 4.69) is 5.32 Å². The SMILES string of the molecule is CCOc1ccc(CN(C)CC(=O)NCc2ccc(Cl)cc2)cc1OC. The van der Waals surface area contributed by atoms with E-state index in [0.717, 1.165) is 16.9 Å². The van der Waals surface area contributed by atoms with Crippen molar-refractivity contribution in [1.29, 1.82) is 0 Å². The minimum atomic E-state index is -0.0275. The second kappa shape index (κ2) is 10.0. The highest BCUT2D eigenvalue weighted by atomic mass is 35.5. The Balaban J connectivity index is 1.84. The highest BCUT2D eigenvalue weighted by molar-refractivity contribution is 6.30. The number of likely N-dealkylation sites (N-methyl/N-ethyl adjacent to an activating group) is 1. The number of hydrogen-bond acceptors (Lipinski definition) is 4. The van der Waals surface area contributed by atoms with Crippen LogP contribution in [0.2, 0.25) is 5.02 Å². The van der Waals surface area contributed by atoms with Gasteiger partial charge in [-0.1, -0.05) is 29.8 Å². The van der Waals surface area contributed by atoms with Crippen LogP contribution in [0.5, 0.6) is 11.5 Å². The minimum Gasteiger partial charge on any atom is -0.493 e. The fourth-order valence-electron chi connectivity index (χ4n) is 2.56. The molecule has 0 spiro atoms. The van der Waals surface area contributed by atoms with Gasteiger partial charge in [-0.2, -0.15) is 0 Å². The Morgan fingerprint density at radius 2 is 1.81 bits per heavy atom. The molecule has 0 radical (unpaired) electrons. The zero-order valence-electron chi connectivity index (χ0n) is 15.4. The predicted molar refractivity (Wildman–Crippen MR) is 104 cm³/mol. The quantitative estimate of drug-likeness (QED) is 0.727. The van der Waals surface area contributed by atoms with Crippen LogP contribution in [0, 0.1) is 0 Å². The van der Waals surface area contributed by atoms with Crippen LogP contribution in [0.15, 0.2) is 42.5 Å². The average Bonchev–Trinajstić information content (AvgIpc) is 2.62. The van der Waals surface area contributed by atoms with E-state index >= 15 is 0 Å². The van der Waals surface area contributed by atoms with E-state index in [1.54, 1.807) is 7.11 Å². The Morgan fingerprint density at radius 1 is 1.12 bits per heavy atom. The summed E-state index contributed by atoms with van der Waals surface area (Å²) in [6, 6.07) is 13.2. The maximum atomic E-state index is 12.1. The van der Waals surface area contributed by atoms with Gasteiger partial charge in [-0.25, -0.2) is 0 Å². The third-order valence-corrected chi connectivity index (χ3v) is 4.05. The van der Waals surface area contributed by atoms with E-state index in [1.165, 1.54) is 0 Å². The lowest BCUT2D eigenvalue weighted by atomic mass is 10.2. The molecular formula is C20H25ClN2O3. The van der Waals surface area contributed by atoms with Gasteiger partial charge in [-0.05, 0) is 49.4 Å². The number of carbonyl (C=O) groups is 1. The number of amides is 1. The number of benzene rings is 2. The molecule has 0 atom stereocenters. The van der Waals surface area contributed by atoms with Crippen LogP contribution in [-0.2, 0) is 17.9 Å². The predicted octanol–water partition coefficient (Wildman–Crippen LogP) is 3.50. The monoisotopic (exact) mass is 376 g/mol. The molecule has 0 aromatic heterocycles. The number of halogens is 1. The van der Waals surface area contributed by atoms with Crippen molar-refractivity contribution in [3.05, 3.63) is 58.6 Å². The molecule has 0 aliphatic rings. The van der Waals surface area contributed by atoms with Crippen LogP contribution in [0.3, 0.4) is 0 Å². The molecule has 140 valence electrons. The molecule has 2 rings (SSSR count). The molecule has 6 heteroatoms. The van der Waals surface area contributed by atoms with Gasteiger partial charge >= 0.3 is 0 Å². The first-order valence-corrected chi connectivity index (χ1v) is 8.89. The lowest BCUT2D eigenvalue weighted by molar-refractivity contribution is -0.122. The van der Waals surface area contributed by atoms with E-state index in [-0.39, 0.29) is 5.91 Å². The second-order valence-electron chi connectivity index (χ2n) is 5.99. The fourth-order valence-corrected chi connectivity index (χ4v) is 2.68. The van der Waals surface area contributed by atoms with Gasteiger partial charge < -0.3 is 14.8 Å². The summed E-state index contributed by atoms with van der Waals surface area (Å²) in [6.07, 6.45) is 0. The van der Waals surface area contributed by atoms with Crippen molar-refractivity contribution in [2.75, 3.05) is 27.3 Å². The summed E-state index contributed by atoms with van der Waals surface area (Å²) in [5, 5.41) is 3.60. The zero-order chi connectivity index (χ0) is 18.9. The molecule has 0 aliphatic carbocycles. The summed E-state index contributed by atoms with van der Waals surface area (Å²) >= 11 is 5.86. The molecule has 0 saturated carbocycles. The maximum absolute atomic E-state index is 12.1. The van der Waals surface area contributed by atoms with Gasteiger partial charge in [0.15, 0.2) is 11.5 Å². The number of ether oxygens (including phenoxy) is 2. The molecule has 1 N–H and O–H groups in total. The lowest BCUT2D eigenvalue weighted by Gasteiger charge is -2.18. The fraction of sp³-hybridized carbons (Fsp3) is 0.350. The van der Waals surface area contributed by atoms with Gasteiger partial charge in [-0.15, -0.1) is 0 Å². The first-order chi connectivity index (χ1) is 12.5. The largest absolute Gasteiger partial charge is 0.493 e. The zero-order valence-corrected chi connectivity index (χ0v) is 16.2. The summed E-state index contributed by atoms with van der Waals surface area (Å²) in [5.74, 6) is 1.40. The Kier molecular flexibility index (Phi) is 7.75. The third kappa shape index (κ3) is 6.24. The van der Waals surface area contributed by atoms with Crippen LogP contribution in [0.25, 0.3) is 0 Å². The van der Waals surface area contributed by atoms with Gasteiger partial charge in [0.2, 0.25) is 5.91 Å². The first kappa shape index (κ1) is 20.1. The van der Waals surface area contributed by atoms with Crippen LogP contribution in [0.4, 0.5) is 0 Å². The minimum absolute atomic E-state index is 0.0275. The Morgan fingerprint density at radius 3 is 2.46 bits per heavy atom. The number of nitrogens with one attached hydrogen (secondary N) is 1. The molecule has 2 aromatic rings. The third-order valence-electron chi connectivity index (χ3n) is 3.80. The van der Waals surface area contributed by atoms with Crippen molar-refractivity contribution in [2.24, 2.45) is 0 Å². The van der Waals surface area contributed by atoms with Crippen LogP contribution in [-0.4, -0.2) is 38.1 Å². The molecule has 1 amide bonds. The summed E-state index contributed by atoms with van der Waals surface area (Å²) in [7, 11) is 3.53. The molecular weight excluding hydrogens is 352 g/mol. The molecule has 0 saturated heterocycles. The summed E-state index contributed by atoms with van der Waals surface area (Å²) in [4.78, 5) is 14.1. The van der Waals surface area contributed by atoms with E-state index in [1.807, 2.05) is 61.3 Å². The topological polar surface area (TPSA) is 50.8 Å². The van der Waals surface area contributed by atoms with Gasteiger partial charge in [0.05, 0.1) is 20.3 Å². The molecule has 0 bridgehead atoms. The summed E-state index contributed by atoms with van der Waals surface area (Å²) in [5.41, 5.74) is 2.07. The van der Waals surface area contributed by atoms with E-state index < -0.39 is 0 Å². The Hall–Kier alpha value is -2.24. The maximum Gasteiger partial charge on any atom is 0.234 e. The van der Waals surface area contributed by atoms with Crippen molar-refractivity contribution < 1.29 is 14.3 Å². The van der Waals surface area contributed by atoms with Crippen molar-refractivity contribution in [2.45, 2.75) is 20.0 Å². The second-order valence-corrected chi connectivity index (χ2v) is 6.43. The van der Waals surface area contributed by atoms with Crippen molar-refractivity contribution in [1.82, 2.24) is 10.2 Å². The number of nitrogens with zero attached hydrogens (tertiary/aromatic N) is 1. The smallest absolute Gasteiger partial charge is 0.234 e. The van der Waals surface area contributed by atoms with Crippen LogP contribution >= 0.6 is 11.6 Å². The molecule has 0 fully saturated rings. The molecule has 0 heterocycles. The van der Waals surface area contributed by atoms with Gasteiger partial charge in [-0.3, -0.25) is 9.69 Å². The number of carbonyl (C=O) groups excluding carboxylic acids is 1. The van der Waals surface area contributed by atoms with Gasteiger partial charge in [0.25, 0.3) is 0 Å². The summed E-state index contributed by atoms with van der Waals surface area (Å²) in [6.45, 7) is 3.95. The molecule has 2 aromatic carbocycles. The number of methoxy groups -OCH3 is 1. The lowest BCUT2D eigenvalue weighted by Crippen LogP contribution is -2.34. The normalized spacial score (nSPS) is 10.7. The first-order valence-electron chi connectivity index (χ1n) is 8.51.